The Morgan fingerprint density at radius 3 is 2.25 bits per heavy atom. The molecule has 0 bridgehead atoms. The molecule has 0 aliphatic carbocycles. The lowest BCUT2D eigenvalue weighted by atomic mass is 10.2. The van der Waals surface area contributed by atoms with E-state index in [0.717, 1.165) is 5.56 Å². The molecule has 0 unspecified atom stereocenters. The molecule has 0 radical (unpaired) electrons. The number of amides is 1. The molecule has 0 saturated carbocycles. The number of halogens is 1. The van der Waals surface area contributed by atoms with Crippen molar-refractivity contribution in [3.8, 4) is 0 Å². The van der Waals surface area contributed by atoms with Gasteiger partial charge in [-0.1, -0.05) is 36.4 Å². The average molecular weight is 426 g/mol. The highest BCUT2D eigenvalue weighted by Crippen LogP contribution is 2.25. The summed E-state index contributed by atoms with van der Waals surface area (Å²) in [5.74, 6) is -0.240. The predicted molar refractivity (Wildman–Crippen MR) is 115 cm³/mol. The van der Waals surface area contributed by atoms with Gasteiger partial charge in [-0.2, -0.15) is 4.31 Å². The van der Waals surface area contributed by atoms with Crippen LogP contribution >= 0.6 is 12.4 Å². The molecule has 0 heterocycles. The quantitative estimate of drug-likeness (QED) is 0.705. The summed E-state index contributed by atoms with van der Waals surface area (Å²) in [5, 5.41) is 2.65. The maximum absolute atomic E-state index is 13.4. The minimum absolute atomic E-state index is 0. The smallest absolute Gasteiger partial charge is 0.243 e. The monoisotopic (exact) mass is 425 g/mol. The topological polar surface area (TPSA) is 69.7 Å². The van der Waals surface area contributed by atoms with E-state index in [9.17, 15) is 13.2 Å². The molecule has 0 aromatic heterocycles. The number of anilines is 1. The van der Waals surface area contributed by atoms with E-state index in [1.165, 1.54) is 17.3 Å². The molecule has 0 saturated heterocycles. The number of nitrogens with zero attached hydrogens (tertiary/aromatic N) is 2. The zero-order valence-electron chi connectivity index (χ0n) is 16.7. The van der Waals surface area contributed by atoms with Crippen molar-refractivity contribution in [2.24, 2.45) is 0 Å². The van der Waals surface area contributed by atoms with Crippen LogP contribution in [0.4, 0.5) is 5.69 Å². The molecule has 2 aromatic rings. The minimum Gasteiger partial charge on any atom is -0.326 e. The predicted octanol–water partition coefficient (Wildman–Crippen LogP) is 3.13. The Morgan fingerprint density at radius 1 is 1.04 bits per heavy atom. The van der Waals surface area contributed by atoms with Crippen LogP contribution in [-0.2, 0) is 21.4 Å². The number of carbonyl (C=O) groups excluding carboxylic acids is 1. The Labute approximate surface area is 174 Å². The third-order valence-corrected chi connectivity index (χ3v) is 6.11. The van der Waals surface area contributed by atoms with Crippen LogP contribution in [0.25, 0.3) is 0 Å². The van der Waals surface area contributed by atoms with Crippen LogP contribution in [0, 0.1) is 6.92 Å². The van der Waals surface area contributed by atoms with E-state index < -0.39 is 10.0 Å². The van der Waals surface area contributed by atoms with E-state index in [0.29, 0.717) is 30.9 Å². The van der Waals surface area contributed by atoms with Crippen molar-refractivity contribution < 1.29 is 13.2 Å². The number of benzene rings is 2. The molecule has 8 heteroatoms. The third kappa shape index (κ3) is 6.60. The van der Waals surface area contributed by atoms with Crippen molar-refractivity contribution >= 4 is 34.0 Å². The van der Waals surface area contributed by atoms with Gasteiger partial charge in [-0.25, -0.2) is 8.42 Å². The first-order valence-electron chi connectivity index (χ1n) is 8.77. The molecular weight excluding hydrogens is 398 g/mol. The van der Waals surface area contributed by atoms with Crippen LogP contribution < -0.4 is 5.32 Å². The van der Waals surface area contributed by atoms with Gasteiger partial charge in [0, 0.05) is 32.2 Å². The van der Waals surface area contributed by atoms with Gasteiger partial charge in [0.25, 0.3) is 0 Å². The fraction of sp³-hybridized carbons (Fsp3) is 0.350. The molecule has 0 fully saturated rings. The highest BCUT2D eigenvalue weighted by molar-refractivity contribution is 7.89. The molecule has 0 spiro atoms. The number of nitrogens with one attached hydrogen (secondary N) is 1. The van der Waals surface area contributed by atoms with Crippen LogP contribution in [0.5, 0.6) is 0 Å². The first kappa shape index (κ1) is 24.1. The van der Waals surface area contributed by atoms with Crippen LogP contribution in [0.2, 0.25) is 0 Å². The molecule has 0 aliphatic rings. The molecule has 28 heavy (non-hydrogen) atoms. The fourth-order valence-electron chi connectivity index (χ4n) is 2.68. The third-order valence-electron chi connectivity index (χ3n) is 4.12. The molecule has 2 rings (SSSR count). The molecule has 154 valence electrons. The summed E-state index contributed by atoms with van der Waals surface area (Å²) in [7, 11) is 0.0968. The summed E-state index contributed by atoms with van der Waals surface area (Å²) in [6, 6.07) is 14.5. The normalized spacial score (nSPS) is 11.4. The Kier molecular flexibility index (Phi) is 9.10. The lowest BCUT2D eigenvalue weighted by Crippen LogP contribution is -2.36. The summed E-state index contributed by atoms with van der Waals surface area (Å²) in [6.07, 6.45) is 0. The van der Waals surface area contributed by atoms with Crippen molar-refractivity contribution in [3.05, 3.63) is 59.7 Å². The van der Waals surface area contributed by atoms with E-state index in [1.54, 1.807) is 19.1 Å². The van der Waals surface area contributed by atoms with E-state index >= 15 is 0 Å². The largest absolute Gasteiger partial charge is 0.326 e. The average Bonchev–Trinajstić information content (AvgIpc) is 2.60. The van der Waals surface area contributed by atoms with Gasteiger partial charge < -0.3 is 10.2 Å². The highest BCUT2D eigenvalue weighted by Gasteiger charge is 2.26. The van der Waals surface area contributed by atoms with Gasteiger partial charge in [0.1, 0.15) is 0 Å². The van der Waals surface area contributed by atoms with E-state index in [2.05, 4.69) is 5.32 Å². The Balaban J connectivity index is 0.00000392. The lowest BCUT2D eigenvalue weighted by Gasteiger charge is -2.25. The molecule has 6 nitrogen and oxygen atoms in total. The molecule has 1 amide bonds. The Morgan fingerprint density at radius 2 is 1.68 bits per heavy atom. The molecule has 0 atom stereocenters. The van der Waals surface area contributed by atoms with Gasteiger partial charge in [-0.05, 0) is 44.3 Å². The number of aryl methyl sites for hydroxylation is 1. The zero-order valence-corrected chi connectivity index (χ0v) is 18.3. The summed E-state index contributed by atoms with van der Waals surface area (Å²) in [6.45, 7) is 4.43. The van der Waals surface area contributed by atoms with Crippen molar-refractivity contribution in [2.75, 3.05) is 32.5 Å². The number of carbonyl (C=O) groups is 1. The SMILES string of the molecule is CC(=O)Nc1ccc(C)c(S(=O)(=O)N(CCN(C)C)Cc2ccccc2)c1.Cl. The fourth-order valence-corrected chi connectivity index (χ4v) is 4.35. The number of rotatable bonds is 8. The maximum Gasteiger partial charge on any atom is 0.243 e. The maximum atomic E-state index is 13.4. The molecule has 1 N–H and O–H groups in total. The Bertz CT molecular complexity index is 887. The van der Waals surface area contributed by atoms with Crippen LogP contribution in [0.3, 0.4) is 0 Å². The van der Waals surface area contributed by atoms with Crippen molar-refractivity contribution in [3.63, 3.8) is 0 Å². The number of sulfonamides is 1. The number of likely N-dealkylation sites (N-methyl/N-ethyl adjacent to an activating group) is 1. The number of hydrogen-bond acceptors (Lipinski definition) is 4. The van der Waals surface area contributed by atoms with E-state index in [1.807, 2.05) is 49.3 Å². The molecule has 2 aromatic carbocycles. The van der Waals surface area contributed by atoms with Crippen molar-refractivity contribution in [1.82, 2.24) is 9.21 Å². The second-order valence-corrected chi connectivity index (χ2v) is 8.70. The lowest BCUT2D eigenvalue weighted by molar-refractivity contribution is -0.114. The number of hydrogen-bond donors (Lipinski definition) is 1. The highest BCUT2D eigenvalue weighted by atomic mass is 35.5. The van der Waals surface area contributed by atoms with E-state index in [4.69, 9.17) is 0 Å². The Hall–Kier alpha value is -1.93. The van der Waals surface area contributed by atoms with Crippen LogP contribution in [0.1, 0.15) is 18.1 Å². The van der Waals surface area contributed by atoms with Gasteiger partial charge in [0.15, 0.2) is 0 Å². The first-order chi connectivity index (χ1) is 12.7. The van der Waals surface area contributed by atoms with Crippen molar-refractivity contribution in [1.29, 1.82) is 0 Å². The van der Waals surface area contributed by atoms with Gasteiger partial charge >= 0.3 is 0 Å². The van der Waals surface area contributed by atoms with Crippen LogP contribution in [0.15, 0.2) is 53.4 Å². The summed E-state index contributed by atoms with van der Waals surface area (Å²) >= 11 is 0. The molecular formula is C20H28ClN3O3S. The summed E-state index contributed by atoms with van der Waals surface area (Å²) in [4.78, 5) is 13.5. The van der Waals surface area contributed by atoms with Crippen molar-refractivity contribution in [2.45, 2.75) is 25.3 Å². The van der Waals surface area contributed by atoms with Gasteiger partial charge in [0.2, 0.25) is 15.9 Å². The summed E-state index contributed by atoms with van der Waals surface area (Å²) in [5.41, 5.74) is 2.04. The second-order valence-electron chi connectivity index (χ2n) is 6.79. The van der Waals surface area contributed by atoms with Gasteiger partial charge in [-0.15, -0.1) is 12.4 Å². The standard InChI is InChI=1S/C20H27N3O3S.ClH/c1-16-10-11-19(21-17(2)24)14-20(16)27(25,26)23(13-12-22(3)4)15-18-8-6-5-7-9-18;/h5-11,14H,12-13,15H2,1-4H3,(H,21,24);1H. The summed E-state index contributed by atoms with van der Waals surface area (Å²) < 4.78 is 28.3. The second kappa shape index (κ2) is 10.6. The van der Waals surface area contributed by atoms with E-state index in [-0.39, 0.29) is 23.2 Å². The first-order valence-corrected chi connectivity index (χ1v) is 10.2. The zero-order chi connectivity index (χ0) is 20.0. The van der Waals surface area contributed by atoms with Gasteiger partial charge in [0.05, 0.1) is 4.90 Å². The molecule has 0 aliphatic heterocycles. The van der Waals surface area contributed by atoms with Crippen LogP contribution in [-0.4, -0.2) is 50.7 Å². The minimum atomic E-state index is -3.73. The van der Waals surface area contributed by atoms with Gasteiger partial charge in [-0.3, -0.25) is 4.79 Å².